The largest absolute Gasteiger partial charge is 0.490 e. The number of tetrazole rings is 1. The van der Waals surface area contributed by atoms with Gasteiger partial charge >= 0.3 is 0 Å². The van der Waals surface area contributed by atoms with Gasteiger partial charge in [0.15, 0.2) is 12.5 Å². The Balaban J connectivity index is 1.29. The molecule has 2 aromatic carbocycles. The van der Waals surface area contributed by atoms with E-state index in [9.17, 15) is 13.6 Å². The first-order chi connectivity index (χ1) is 14.6. The molecule has 2 unspecified atom stereocenters. The van der Waals surface area contributed by atoms with E-state index in [0.717, 1.165) is 16.8 Å². The molecule has 0 radical (unpaired) electrons. The van der Waals surface area contributed by atoms with E-state index in [1.807, 2.05) is 0 Å². The first kappa shape index (κ1) is 19.9. The second-order valence-electron chi connectivity index (χ2n) is 7.21. The second kappa shape index (κ2) is 8.98. The van der Waals surface area contributed by atoms with Gasteiger partial charge in [0, 0.05) is 24.6 Å². The fraction of sp³-hybridized carbons (Fsp3) is 0.333. The van der Waals surface area contributed by atoms with Gasteiger partial charge in [-0.1, -0.05) is 12.1 Å². The smallest absolute Gasteiger partial charge is 0.253 e. The van der Waals surface area contributed by atoms with Crippen molar-refractivity contribution in [2.75, 3.05) is 19.7 Å². The third kappa shape index (κ3) is 4.79. The van der Waals surface area contributed by atoms with Crippen LogP contribution in [0.3, 0.4) is 0 Å². The molecule has 30 heavy (non-hydrogen) atoms. The fourth-order valence-electron chi connectivity index (χ4n) is 3.52. The van der Waals surface area contributed by atoms with Gasteiger partial charge < -0.3 is 9.64 Å². The number of aromatic nitrogens is 4. The van der Waals surface area contributed by atoms with Crippen LogP contribution in [-0.2, 0) is 6.54 Å². The lowest BCUT2D eigenvalue weighted by molar-refractivity contribution is 0.0790. The van der Waals surface area contributed by atoms with Crippen molar-refractivity contribution >= 4 is 5.91 Å². The van der Waals surface area contributed by atoms with Crippen LogP contribution in [0.25, 0.3) is 0 Å². The summed E-state index contributed by atoms with van der Waals surface area (Å²) in [5, 5.41) is 10.9. The Morgan fingerprint density at radius 3 is 2.63 bits per heavy atom. The molecule has 0 saturated carbocycles. The van der Waals surface area contributed by atoms with E-state index in [2.05, 4.69) is 15.4 Å². The summed E-state index contributed by atoms with van der Waals surface area (Å²) in [6.07, 6.45) is 0.802. The zero-order valence-electron chi connectivity index (χ0n) is 16.2. The van der Waals surface area contributed by atoms with Gasteiger partial charge in [0.25, 0.3) is 5.91 Å². The third-order valence-corrected chi connectivity index (χ3v) is 5.10. The molecule has 1 aromatic heterocycles. The number of hydrogen-bond acceptors (Lipinski definition) is 5. The molecule has 0 aliphatic carbocycles. The van der Waals surface area contributed by atoms with Gasteiger partial charge in [-0.3, -0.25) is 4.79 Å². The first-order valence-corrected chi connectivity index (χ1v) is 9.71. The summed E-state index contributed by atoms with van der Waals surface area (Å²) in [5.41, 5.74) is 1.59. The van der Waals surface area contributed by atoms with Crippen molar-refractivity contribution in [2.45, 2.75) is 25.1 Å². The van der Waals surface area contributed by atoms with E-state index in [4.69, 9.17) is 4.74 Å². The van der Waals surface area contributed by atoms with Gasteiger partial charge in [0.05, 0.1) is 6.54 Å². The van der Waals surface area contributed by atoms with Crippen LogP contribution in [0.5, 0.6) is 5.75 Å². The van der Waals surface area contributed by atoms with Crippen LogP contribution in [0.2, 0.25) is 0 Å². The Bertz CT molecular complexity index is 964. The van der Waals surface area contributed by atoms with Gasteiger partial charge in [-0.05, 0) is 53.6 Å². The lowest BCUT2D eigenvalue weighted by Crippen LogP contribution is -2.28. The van der Waals surface area contributed by atoms with Crippen LogP contribution in [0, 0.1) is 5.82 Å². The molecule has 2 atom stereocenters. The van der Waals surface area contributed by atoms with Crippen molar-refractivity contribution in [3.8, 4) is 5.75 Å². The Labute approximate surface area is 172 Å². The molecule has 7 nitrogen and oxygen atoms in total. The molecule has 1 amide bonds. The number of amides is 1. The highest BCUT2D eigenvalue weighted by atomic mass is 19.1. The van der Waals surface area contributed by atoms with Gasteiger partial charge in [0.1, 0.15) is 18.2 Å². The number of carbonyl (C=O) groups excluding carboxylic acids is 1. The highest BCUT2D eigenvalue weighted by molar-refractivity contribution is 5.94. The topological polar surface area (TPSA) is 73.1 Å². The summed E-state index contributed by atoms with van der Waals surface area (Å²) >= 11 is 0. The van der Waals surface area contributed by atoms with Crippen LogP contribution in [-0.4, -0.2) is 56.9 Å². The fourth-order valence-corrected chi connectivity index (χ4v) is 3.52. The van der Waals surface area contributed by atoms with Crippen molar-refractivity contribution < 1.29 is 18.3 Å². The van der Waals surface area contributed by atoms with Crippen molar-refractivity contribution in [1.82, 2.24) is 25.1 Å². The molecule has 2 heterocycles. The zero-order chi connectivity index (χ0) is 20.9. The lowest BCUT2D eigenvalue weighted by atomic mass is 9.99. The monoisotopic (exact) mass is 413 g/mol. The predicted molar refractivity (Wildman–Crippen MR) is 104 cm³/mol. The molecule has 1 saturated heterocycles. The molecular formula is C21H21F2N5O2. The number of ether oxygens (including phenoxy) is 1. The average Bonchev–Trinajstić information content (AvgIpc) is 3.45. The standard InChI is InChI=1S/C21H21F2N5O2/c22-18-5-1-15(2-6-18)17-9-10-27(11-17)21(29)16-3-7-20(8-4-16)30-13-19(23)12-28-25-14-24-26-28/h1-8,14,17,19H,9-13H2. The quantitative estimate of drug-likeness (QED) is 0.596. The minimum absolute atomic E-state index is 0.0409. The van der Waals surface area contributed by atoms with Crippen molar-refractivity contribution in [2.24, 2.45) is 0 Å². The molecule has 0 spiro atoms. The normalized spacial score (nSPS) is 17.1. The Hall–Kier alpha value is -3.36. The maximum atomic E-state index is 13.9. The maximum Gasteiger partial charge on any atom is 0.253 e. The molecule has 1 aliphatic heterocycles. The van der Waals surface area contributed by atoms with E-state index < -0.39 is 6.17 Å². The highest BCUT2D eigenvalue weighted by Gasteiger charge is 2.28. The number of benzene rings is 2. The van der Waals surface area contributed by atoms with Gasteiger partial charge in [-0.15, -0.1) is 10.2 Å². The number of carbonyl (C=O) groups is 1. The second-order valence-corrected chi connectivity index (χ2v) is 7.21. The van der Waals surface area contributed by atoms with Crippen molar-refractivity contribution in [1.29, 1.82) is 0 Å². The SMILES string of the molecule is O=C(c1ccc(OCC(F)Cn2ncnn2)cc1)N1CCC(c2ccc(F)cc2)C1. The summed E-state index contributed by atoms with van der Waals surface area (Å²) < 4.78 is 32.5. The number of rotatable bonds is 7. The Morgan fingerprint density at radius 2 is 1.93 bits per heavy atom. The van der Waals surface area contributed by atoms with E-state index >= 15 is 0 Å². The Kier molecular flexibility index (Phi) is 5.97. The molecule has 156 valence electrons. The molecule has 0 bridgehead atoms. The molecule has 3 aromatic rings. The minimum atomic E-state index is -1.28. The maximum absolute atomic E-state index is 13.9. The molecule has 1 fully saturated rings. The summed E-state index contributed by atoms with van der Waals surface area (Å²) in [6.45, 7) is 1.06. The van der Waals surface area contributed by atoms with Gasteiger partial charge in [0.2, 0.25) is 0 Å². The molecule has 4 rings (SSSR count). The van der Waals surface area contributed by atoms with Crippen LogP contribution in [0.15, 0.2) is 54.9 Å². The van der Waals surface area contributed by atoms with E-state index in [0.29, 0.717) is 24.4 Å². The predicted octanol–water partition coefficient (Wildman–Crippen LogP) is 2.86. The number of hydrogen-bond donors (Lipinski definition) is 0. The van der Waals surface area contributed by atoms with E-state index in [-0.39, 0.29) is 30.8 Å². The van der Waals surface area contributed by atoms with Crippen LogP contribution < -0.4 is 4.74 Å². The van der Waals surface area contributed by atoms with Crippen LogP contribution >= 0.6 is 0 Å². The molecule has 0 N–H and O–H groups in total. The number of halogens is 2. The van der Waals surface area contributed by atoms with Crippen molar-refractivity contribution in [3.05, 3.63) is 71.8 Å². The number of alkyl halides is 1. The summed E-state index contributed by atoms with van der Waals surface area (Å²) in [5.74, 6) is 0.359. The van der Waals surface area contributed by atoms with Crippen molar-refractivity contribution in [3.63, 3.8) is 0 Å². The summed E-state index contributed by atoms with van der Waals surface area (Å²) in [4.78, 5) is 15.7. The minimum Gasteiger partial charge on any atom is -0.490 e. The number of nitrogens with zero attached hydrogens (tertiary/aromatic N) is 5. The van der Waals surface area contributed by atoms with Gasteiger partial charge in [-0.25, -0.2) is 8.78 Å². The van der Waals surface area contributed by atoms with Crippen LogP contribution in [0.4, 0.5) is 8.78 Å². The third-order valence-electron chi connectivity index (χ3n) is 5.10. The highest BCUT2D eigenvalue weighted by Crippen LogP contribution is 2.28. The lowest BCUT2D eigenvalue weighted by Gasteiger charge is -2.17. The number of likely N-dealkylation sites (tertiary alicyclic amines) is 1. The van der Waals surface area contributed by atoms with E-state index in [1.165, 1.54) is 18.5 Å². The molecular weight excluding hydrogens is 392 g/mol. The Morgan fingerprint density at radius 1 is 1.17 bits per heavy atom. The van der Waals surface area contributed by atoms with E-state index in [1.54, 1.807) is 41.3 Å². The zero-order valence-corrected chi connectivity index (χ0v) is 16.2. The molecule has 1 aliphatic rings. The van der Waals surface area contributed by atoms with Gasteiger partial charge in [-0.2, -0.15) is 4.80 Å². The summed E-state index contributed by atoms with van der Waals surface area (Å²) in [7, 11) is 0. The summed E-state index contributed by atoms with van der Waals surface area (Å²) in [6, 6.07) is 13.1. The molecule has 9 heteroatoms. The van der Waals surface area contributed by atoms with Crippen LogP contribution in [0.1, 0.15) is 28.3 Å². The average molecular weight is 413 g/mol. The first-order valence-electron chi connectivity index (χ1n) is 9.71.